The molecule has 0 aromatic rings. The van der Waals surface area contributed by atoms with Crippen molar-refractivity contribution < 1.29 is 14.3 Å². The zero-order valence-corrected chi connectivity index (χ0v) is 10.0. The molecule has 0 amide bonds. The molecule has 0 heterocycles. The third-order valence-electron chi connectivity index (χ3n) is 2.79. The van der Waals surface area contributed by atoms with Crippen LogP contribution in [-0.4, -0.2) is 18.4 Å². The number of ether oxygens (including phenoxy) is 1. The van der Waals surface area contributed by atoms with Gasteiger partial charge in [-0.3, -0.25) is 4.79 Å². The third kappa shape index (κ3) is 3.86. The molecule has 0 N–H and O–H groups in total. The lowest BCUT2D eigenvalue weighted by atomic mass is 9.78. The van der Waals surface area contributed by atoms with Crippen LogP contribution in [0.4, 0.5) is 0 Å². The van der Waals surface area contributed by atoms with Gasteiger partial charge in [0.05, 0.1) is 6.61 Å². The highest BCUT2D eigenvalue weighted by atomic mass is 16.5. The van der Waals surface area contributed by atoms with Gasteiger partial charge in [0.25, 0.3) is 0 Å². The summed E-state index contributed by atoms with van der Waals surface area (Å²) in [5, 5.41) is 0. The highest BCUT2D eigenvalue weighted by molar-refractivity contribution is 5.87. The summed E-state index contributed by atoms with van der Waals surface area (Å²) in [5.74, 6) is -0.293. The van der Waals surface area contributed by atoms with E-state index in [1.54, 1.807) is 19.9 Å². The summed E-state index contributed by atoms with van der Waals surface area (Å²) in [4.78, 5) is 22.6. The van der Waals surface area contributed by atoms with Crippen molar-refractivity contribution in [2.45, 2.75) is 40.5 Å². The first-order valence-corrected chi connectivity index (χ1v) is 5.39. The van der Waals surface area contributed by atoms with Crippen LogP contribution in [0.3, 0.4) is 0 Å². The Morgan fingerprint density at radius 2 is 1.73 bits per heavy atom. The van der Waals surface area contributed by atoms with Crippen LogP contribution in [0.5, 0.6) is 0 Å². The number of hydrogen-bond acceptors (Lipinski definition) is 3. The van der Waals surface area contributed by atoms with Crippen molar-refractivity contribution in [1.29, 1.82) is 0 Å². The summed E-state index contributed by atoms with van der Waals surface area (Å²) < 4.78 is 4.77. The second-order valence-corrected chi connectivity index (χ2v) is 3.50. The average molecular weight is 212 g/mol. The average Bonchev–Trinajstić information content (AvgIpc) is 2.20. The fourth-order valence-electron chi connectivity index (χ4n) is 1.52. The molecule has 0 rings (SSSR count). The third-order valence-corrected chi connectivity index (χ3v) is 2.79. The minimum absolute atomic E-state index is 0.0908. The Bertz CT molecular complexity index is 250. The van der Waals surface area contributed by atoms with Crippen molar-refractivity contribution in [3.05, 3.63) is 12.2 Å². The van der Waals surface area contributed by atoms with Crippen LogP contribution in [0.1, 0.15) is 40.5 Å². The number of ketones is 1. The molecule has 0 radical (unpaired) electrons. The number of allylic oxidation sites excluding steroid dienone is 1. The molecule has 3 nitrogen and oxygen atoms in total. The van der Waals surface area contributed by atoms with Gasteiger partial charge in [0.1, 0.15) is 5.78 Å². The molecule has 86 valence electrons. The summed E-state index contributed by atoms with van der Waals surface area (Å²) in [6, 6.07) is 0. The second-order valence-electron chi connectivity index (χ2n) is 3.50. The number of rotatable bonds is 6. The van der Waals surface area contributed by atoms with Crippen LogP contribution in [0.25, 0.3) is 0 Å². The molecule has 0 saturated heterocycles. The summed E-state index contributed by atoms with van der Waals surface area (Å²) >= 11 is 0. The number of carbonyl (C=O) groups is 2. The van der Waals surface area contributed by atoms with Gasteiger partial charge in [0.15, 0.2) is 0 Å². The van der Waals surface area contributed by atoms with E-state index in [9.17, 15) is 9.59 Å². The maximum absolute atomic E-state index is 11.5. The highest BCUT2D eigenvalue weighted by Crippen LogP contribution is 2.29. The van der Waals surface area contributed by atoms with Gasteiger partial charge in [-0.1, -0.05) is 19.9 Å². The zero-order chi connectivity index (χ0) is 11.9. The van der Waals surface area contributed by atoms with Gasteiger partial charge in [-0.2, -0.15) is 0 Å². The van der Waals surface area contributed by atoms with Crippen LogP contribution in [0.15, 0.2) is 12.2 Å². The molecule has 0 atom stereocenters. The molecule has 0 aliphatic rings. The van der Waals surface area contributed by atoms with Gasteiger partial charge >= 0.3 is 5.97 Å². The van der Waals surface area contributed by atoms with E-state index in [-0.39, 0.29) is 11.8 Å². The predicted octanol–water partition coefficient (Wildman–Crippen LogP) is 2.50. The lowest BCUT2D eigenvalue weighted by molar-refractivity contribution is -0.137. The molecule has 0 fully saturated rings. The van der Waals surface area contributed by atoms with Crippen LogP contribution in [0.2, 0.25) is 0 Å². The van der Waals surface area contributed by atoms with Crippen LogP contribution in [0, 0.1) is 5.41 Å². The summed E-state index contributed by atoms with van der Waals surface area (Å²) in [6.07, 6.45) is 4.44. The maximum Gasteiger partial charge on any atom is 0.330 e. The highest BCUT2D eigenvalue weighted by Gasteiger charge is 2.28. The smallest absolute Gasteiger partial charge is 0.330 e. The van der Waals surface area contributed by atoms with E-state index in [1.807, 2.05) is 13.8 Å². The minimum Gasteiger partial charge on any atom is -0.463 e. The van der Waals surface area contributed by atoms with E-state index in [0.29, 0.717) is 19.4 Å². The van der Waals surface area contributed by atoms with Crippen LogP contribution < -0.4 is 0 Å². The molecular formula is C12H20O3. The molecule has 0 saturated carbocycles. The molecule has 0 aromatic carbocycles. The van der Waals surface area contributed by atoms with Crippen molar-refractivity contribution in [3.63, 3.8) is 0 Å². The number of hydrogen-bond donors (Lipinski definition) is 0. The Hall–Kier alpha value is -1.12. The molecule has 0 unspecified atom stereocenters. The topological polar surface area (TPSA) is 43.4 Å². The Morgan fingerprint density at radius 3 is 2.07 bits per heavy atom. The first-order chi connectivity index (χ1) is 7.02. The normalized spacial score (nSPS) is 11.7. The summed E-state index contributed by atoms with van der Waals surface area (Å²) in [7, 11) is 0. The lowest BCUT2D eigenvalue weighted by Gasteiger charge is -2.24. The SMILES string of the molecule is CCOC(=O)/C=C/C(CC)(CC)C(C)=O. The van der Waals surface area contributed by atoms with Gasteiger partial charge in [-0.15, -0.1) is 0 Å². The first-order valence-electron chi connectivity index (χ1n) is 5.39. The van der Waals surface area contributed by atoms with Crippen molar-refractivity contribution >= 4 is 11.8 Å². The fraction of sp³-hybridized carbons (Fsp3) is 0.667. The standard InChI is InChI=1S/C12H20O3/c1-5-12(6-2,10(4)13)9-8-11(14)15-7-3/h8-9H,5-7H2,1-4H3/b9-8+. The summed E-state index contributed by atoms with van der Waals surface area (Å²) in [5.41, 5.74) is -0.507. The molecule has 0 spiro atoms. The molecule has 3 heteroatoms. The largest absolute Gasteiger partial charge is 0.463 e. The molecule has 0 aromatic heterocycles. The zero-order valence-electron chi connectivity index (χ0n) is 10.0. The number of Topliss-reactive ketones (excluding diaryl/α,β-unsaturated/α-hetero) is 1. The quantitative estimate of drug-likeness (QED) is 0.502. The molecular weight excluding hydrogens is 192 g/mol. The van der Waals surface area contributed by atoms with E-state index in [1.165, 1.54) is 6.08 Å². The van der Waals surface area contributed by atoms with E-state index < -0.39 is 5.41 Å². The van der Waals surface area contributed by atoms with E-state index in [4.69, 9.17) is 4.74 Å². The monoisotopic (exact) mass is 212 g/mol. The lowest BCUT2D eigenvalue weighted by Crippen LogP contribution is -2.25. The Balaban J connectivity index is 4.67. The van der Waals surface area contributed by atoms with Gasteiger partial charge in [0.2, 0.25) is 0 Å². The summed E-state index contributed by atoms with van der Waals surface area (Å²) in [6.45, 7) is 7.56. The minimum atomic E-state index is -0.507. The molecule has 15 heavy (non-hydrogen) atoms. The Morgan fingerprint density at radius 1 is 1.20 bits per heavy atom. The van der Waals surface area contributed by atoms with E-state index in [2.05, 4.69) is 0 Å². The van der Waals surface area contributed by atoms with Crippen LogP contribution in [-0.2, 0) is 14.3 Å². The molecule has 0 bridgehead atoms. The van der Waals surface area contributed by atoms with E-state index in [0.717, 1.165) is 0 Å². The van der Waals surface area contributed by atoms with Gasteiger partial charge in [0, 0.05) is 11.5 Å². The first kappa shape index (κ1) is 13.9. The fourth-order valence-corrected chi connectivity index (χ4v) is 1.52. The van der Waals surface area contributed by atoms with Crippen molar-refractivity contribution in [3.8, 4) is 0 Å². The maximum atomic E-state index is 11.5. The second kappa shape index (κ2) is 6.38. The molecule has 0 aliphatic heterocycles. The Kier molecular flexibility index (Phi) is 5.90. The Labute approximate surface area is 91.5 Å². The predicted molar refractivity (Wildman–Crippen MR) is 59.5 cm³/mol. The number of carbonyl (C=O) groups excluding carboxylic acids is 2. The van der Waals surface area contributed by atoms with Gasteiger partial charge in [-0.25, -0.2) is 4.79 Å². The van der Waals surface area contributed by atoms with E-state index >= 15 is 0 Å². The van der Waals surface area contributed by atoms with Crippen LogP contribution >= 0.6 is 0 Å². The van der Waals surface area contributed by atoms with Gasteiger partial charge in [-0.05, 0) is 26.7 Å². The molecule has 0 aliphatic carbocycles. The number of esters is 1. The van der Waals surface area contributed by atoms with Crippen molar-refractivity contribution in [2.75, 3.05) is 6.61 Å². The van der Waals surface area contributed by atoms with Crippen molar-refractivity contribution in [1.82, 2.24) is 0 Å². The van der Waals surface area contributed by atoms with Gasteiger partial charge < -0.3 is 4.74 Å². The van der Waals surface area contributed by atoms with Crippen molar-refractivity contribution in [2.24, 2.45) is 5.41 Å².